The molecule has 1 aliphatic carbocycles. The van der Waals surface area contributed by atoms with Crippen molar-refractivity contribution in [1.29, 1.82) is 0 Å². The average Bonchev–Trinajstić information content (AvgIpc) is 2.99. The van der Waals surface area contributed by atoms with Crippen LogP contribution in [0.1, 0.15) is 79.1 Å². The zero-order valence-electron chi connectivity index (χ0n) is 15.7. The molecule has 0 bridgehead atoms. The molecule has 138 valence electrons. The van der Waals surface area contributed by atoms with Gasteiger partial charge in [-0.15, -0.1) is 0 Å². The van der Waals surface area contributed by atoms with Crippen LogP contribution in [-0.2, 0) is 14.2 Å². The third kappa shape index (κ3) is 8.48. The lowest BCUT2D eigenvalue weighted by molar-refractivity contribution is -0.129. The van der Waals surface area contributed by atoms with Crippen LogP contribution >= 0.6 is 0 Å². The highest BCUT2D eigenvalue weighted by Gasteiger charge is 2.35. The highest BCUT2D eigenvalue weighted by atomic mass is 16.6. The zero-order chi connectivity index (χ0) is 17.1. The largest absolute Gasteiger partial charge is 0.394 e. The first-order valence-corrected chi connectivity index (χ1v) is 9.53. The van der Waals surface area contributed by atoms with E-state index in [-0.39, 0.29) is 30.5 Å². The Morgan fingerprint density at radius 1 is 0.913 bits per heavy atom. The van der Waals surface area contributed by atoms with Gasteiger partial charge in [0.2, 0.25) is 0 Å². The van der Waals surface area contributed by atoms with Crippen molar-refractivity contribution >= 4 is 0 Å². The molecule has 1 aliphatic rings. The van der Waals surface area contributed by atoms with E-state index in [0.717, 1.165) is 0 Å². The molecule has 1 rings (SSSR count). The second-order valence-electron chi connectivity index (χ2n) is 7.25. The molecule has 3 unspecified atom stereocenters. The summed E-state index contributed by atoms with van der Waals surface area (Å²) in [6.45, 7) is 9.39. The molecule has 0 radical (unpaired) electrons. The average molecular weight is 331 g/mol. The van der Waals surface area contributed by atoms with Crippen LogP contribution in [0, 0.1) is 0 Å². The Labute approximate surface area is 142 Å². The van der Waals surface area contributed by atoms with Crippen LogP contribution in [0.5, 0.6) is 0 Å². The smallest absolute Gasteiger partial charge is 0.0788 e. The summed E-state index contributed by atoms with van der Waals surface area (Å²) < 4.78 is 17.8. The van der Waals surface area contributed by atoms with Crippen LogP contribution in [0.25, 0.3) is 0 Å². The van der Waals surface area contributed by atoms with Crippen molar-refractivity contribution in [2.45, 2.75) is 103 Å². The van der Waals surface area contributed by atoms with E-state index in [1.807, 2.05) is 13.8 Å². The predicted octanol–water partition coefficient (Wildman–Crippen LogP) is 4.09. The van der Waals surface area contributed by atoms with E-state index >= 15 is 0 Å². The topological polar surface area (TPSA) is 47.9 Å². The van der Waals surface area contributed by atoms with Gasteiger partial charge in [0.1, 0.15) is 0 Å². The van der Waals surface area contributed by atoms with Crippen LogP contribution in [-0.4, -0.2) is 48.8 Å². The molecule has 1 saturated carbocycles. The first-order valence-electron chi connectivity index (χ1n) is 9.53. The molecule has 0 aliphatic heterocycles. The molecule has 1 N–H and O–H groups in total. The maximum atomic E-state index is 8.96. The lowest BCUT2D eigenvalue weighted by Crippen LogP contribution is -2.36. The summed E-state index contributed by atoms with van der Waals surface area (Å²) in [6.07, 6.45) is 10.0. The van der Waals surface area contributed by atoms with Crippen LogP contribution in [0.2, 0.25) is 0 Å². The Hall–Kier alpha value is -0.160. The molecule has 0 spiro atoms. The first-order chi connectivity index (χ1) is 11.0. The van der Waals surface area contributed by atoms with Crippen molar-refractivity contribution in [3.63, 3.8) is 0 Å². The van der Waals surface area contributed by atoms with Crippen molar-refractivity contribution in [2.24, 2.45) is 0 Å². The summed E-state index contributed by atoms with van der Waals surface area (Å²) in [4.78, 5) is 0. The molecule has 0 aromatic rings. The van der Waals surface area contributed by atoms with Gasteiger partial charge in [-0.1, -0.05) is 39.0 Å². The molecule has 0 aromatic heterocycles. The lowest BCUT2D eigenvalue weighted by Gasteiger charge is -2.33. The highest BCUT2D eigenvalue weighted by Crippen LogP contribution is 2.38. The molecule has 23 heavy (non-hydrogen) atoms. The van der Waals surface area contributed by atoms with Gasteiger partial charge >= 0.3 is 0 Å². The minimum atomic E-state index is -0.130. The van der Waals surface area contributed by atoms with E-state index in [1.54, 1.807) is 0 Å². The third-order valence-electron chi connectivity index (χ3n) is 4.69. The molecular weight excluding hydrogens is 292 g/mol. The summed E-state index contributed by atoms with van der Waals surface area (Å²) >= 11 is 0. The Morgan fingerprint density at radius 3 is 2.13 bits per heavy atom. The monoisotopic (exact) mass is 330 g/mol. The minimum absolute atomic E-state index is 0.0228. The maximum Gasteiger partial charge on any atom is 0.0788 e. The first kappa shape index (κ1) is 20.9. The fourth-order valence-corrected chi connectivity index (χ4v) is 3.30. The Bertz CT molecular complexity index is 289. The van der Waals surface area contributed by atoms with E-state index in [4.69, 9.17) is 19.3 Å². The molecule has 1 fully saturated rings. The van der Waals surface area contributed by atoms with Gasteiger partial charge in [0.15, 0.2) is 0 Å². The van der Waals surface area contributed by atoms with E-state index < -0.39 is 0 Å². The SMILES string of the molecule is CCCCCC1(OC(C)COC(C)COC(C)CO)CCCC1. The predicted molar refractivity (Wildman–Crippen MR) is 93.8 cm³/mol. The van der Waals surface area contributed by atoms with Crippen molar-refractivity contribution in [1.82, 2.24) is 0 Å². The van der Waals surface area contributed by atoms with Gasteiger partial charge < -0.3 is 19.3 Å². The lowest BCUT2D eigenvalue weighted by atomic mass is 9.94. The number of aliphatic hydroxyl groups excluding tert-OH is 1. The van der Waals surface area contributed by atoms with Gasteiger partial charge in [-0.25, -0.2) is 0 Å². The van der Waals surface area contributed by atoms with Gasteiger partial charge in [0, 0.05) is 0 Å². The van der Waals surface area contributed by atoms with Gasteiger partial charge in [-0.05, 0) is 40.0 Å². The fraction of sp³-hybridized carbons (Fsp3) is 1.00. The summed E-state index contributed by atoms with van der Waals surface area (Å²) in [7, 11) is 0. The molecule has 3 atom stereocenters. The van der Waals surface area contributed by atoms with Gasteiger partial charge in [0.05, 0.1) is 43.7 Å². The molecule has 4 heteroatoms. The molecule has 0 aromatic carbocycles. The van der Waals surface area contributed by atoms with Crippen LogP contribution in [0.15, 0.2) is 0 Å². The molecule has 0 amide bonds. The second-order valence-corrected chi connectivity index (χ2v) is 7.25. The Morgan fingerprint density at radius 2 is 1.52 bits per heavy atom. The van der Waals surface area contributed by atoms with Gasteiger partial charge in [0.25, 0.3) is 0 Å². The van der Waals surface area contributed by atoms with E-state index in [1.165, 1.54) is 51.4 Å². The number of hydrogen-bond acceptors (Lipinski definition) is 4. The third-order valence-corrected chi connectivity index (χ3v) is 4.69. The number of ether oxygens (including phenoxy) is 3. The van der Waals surface area contributed by atoms with Crippen LogP contribution in [0.4, 0.5) is 0 Å². The van der Waals surface area contributed by atoms with Crippen LogP contribution < -0.4 is 0 Å². The van der Waals surface area contributed by atoms with Crippen molar-refractivity contribution in [3.8, 4) is 0 Å². The summed E-state index contributed by atoms with van der Waals surface area (Å²) in [6, 6.07) is 0. The molecule has 0 heterocycles. The standard InChI is InChI=1S/C19H38O4/c1-5-6-7-10-19(11-8-9-12-19)23-18(4)15-22-17(3)14-21-16(2)13-20/h16-18,20H,5-15H2,1-4H3. The minimum Gasteiger partial charge on any atom is -0.394 e. The quantitative estimate of drug-likeness (QED) is 0.517. The second kappa shape index (κ2) is 11.4. The summed E-state index contributed by atoms with van der Waals surface area (Å²) in [5.41, 5.74) is 0.100. The zero-order valence-corrected chi connectivity index (χ0v) is 15.7. The van der Waals surface area contributed by atoms with E-state index in [2.05, 4.69) is 13.8 Å². The van der Waals surface area contributed by atoms with Gasteiger partial charge in [-0.2, -0.15) is 0 Å². The molecule has 4 nitrogen and oxygen atoms in total. The van der Waals surface area contributed by atoms with E-state index in [0.29, 0.717) is 13.2 Å². The Kier molecular flexibility index (Phi) is 10.4. The highest BCUT2D eigenvalue weighted by molar-refractivity contribution is 4.87. The molecular formula is C19H38O4. The van der Waals surface area contributed by atoms with Crippen molar-refractivity contribution < 1.29 is 19.3 Å². The normalized spacial score (nSPS) is 21.3. The number of unbranched alkanes of at least 4 members (excludes halogenated alkanes) is 2. The number of hydrogen-bond donors (Lipinski definition) is 1. The van der Waals surface area contributed by atoms with E-state index in [9.17, 15) is 0 Å². The fourth-order valence-electron chi connectivity index (χ4n) is 3.30. The maximum absolute atomic E-state index is 8.96. The number of aliphatic hydroxyl groups is 1. The Balaban J connectivity index is 2.28. The summed E-state index contributed by atoms with van der Waals surface area (Å²) in [5, 5.41) is 8.96. The molecule has 0 saturated heterocycles. The van der Waals surface area contributed by atoms with Crippen molar-refractivity contribution in [3.05, 3.63) is 0 Å². The number of rotatable bonds is 13. The van der Waals surface area contributed by atoms with Crippen molar-refractivity contribution in [2.75, 3.05) is 19.8 Å². The van der Waals surface area contributed by atoms with Crippen LogP contribution in [0.3, 0.4) is 0 Å². The van der Waals surface area contributed by atoms with Gasteiger partial charge in [-0.3, -0.25) is 0 Å². The summed E-state index contributed by atoms with van der Waals surface area (Å²) in [5.74, 6) is 0.